The topological polar surface area (TPSA) is 0 Å². The van der Waals surface area contributed by atoms with Crippen LogP contribution in [0.25, 0.3) is 87.6 Å². The highest BCUT2D eigenvalue weighted by Gasteiger charge is 2.32. The van der Waals surface area contributed by atoms with Crippen LogP contribution in [0, 0.1) is 13.8 Å². The summed E-state index contributed by atoms with van der Waals surface area (Å²) in [7, 11) is 0. The van der Waals surface area contributed by atoms with Crippen LogP contribution in [-0.2, 0) is 0 Å². The first-order valence-corrected chi connectivity index (χ1v) is 14.8. The van der Waals surface area contributed by atoms with Crippen LogP contribution in [0.1, 0.15) is 11.1 Å². The third kappa shape index (κ3) is 3.12. The lowest BCUT2D eigenvalue weighted by molar-refractivity contribution is 1.46. The van der Waals surface area contributed by atoms with Crippen LogP contribution in [0.2, 0.25) is 0 Å². The van der Waals surface area contributed by atoms with Gasteiger partial charge in [-0.05, 0) is 131 Å². The van der Waals surface area contributed by atoms with Crippen LogP contribution in [0.3, 0.4) is 0 Å². The van der Waals surface area contributed by atoms with Gasteiger partial charge in [-0.15, -0.1) is 0 Å². The fourth-order valence-corrected chi connectivity index (χ4v) is 7.55. The van der Waals surface area contributed by atoms with Crippen molar-refractivity contribution in [3.8, 4) is 44.5 Å². The molecular formula is C42H28. The fourth-order valence-electron chi connectivity index (χ4n) is 7.55. The lowest BCUT2D eigenvalue weighted by Gasteiger charge is -2.22. The van der Waals surface area contributed by atoms with Crippen LogP contribution < -0.4 is 0 Å². The van der Waals surface area contributed by atoms with Gasteiger partial charge in [-0.3, -0.25) is 0 Å². The Morgan fingerprint density at radius 1 is 0.310 bits per heavy atom. The monoisotopic (exact) mass is 532 g/mol. The van der Waals surface area contributed by atoms with Crippen LogP contribution in [0.4, 0.5) is 0 Å². The van der Waals surface area contributed by atoms with E-state index in [2.05, 4.69) is 147 Å². The van der Waals surface area contributed by atoms with Gasteiger partial charge in [0.05, 0.1) is 0 Å². The molecule has 0 N–H and O–H groups in total. The van der Waals surface area contributed by atoms with E-state index in [1.807, 2.05) is 0 Å². The molecule has 0 radical (unpaired) electrons. The van der Waals surface area contributed by atoms with E-state index in [9.17, 15) is 0 Å². The Hall–Kier alpha value is -5.20. The lowest BCUT2D eigenvalue weighted by atomic mass is 9.80. The van der Waals surface area contributed by atoms with E-state index in [1.54, 1.807) is 0 Å². The molecule has 0 unspecified atom stereocenters. The summed E-state index contributed by atoms with van der Waals surface area (Å²) in [4.78, 5) is 0. The third-order valence-electron chi connectivity index (χ3n) is 9.43. The summed E-state index contributed by atoms with van der Waals surface area (Å²) >= 11 is 0. The van der Waals surface area contributed by atoms with Gasteiger partial charge in [0.2, 0.25) is 0 Å². The number of fused-ring (bicyclic) bond motifs is 7. The number of hydrogen-bond acceptors (Lipinski definition) is 0. The fraction of sp³-hybridized carbons (Fsp3) is 0.0476. The average molecular weight is 533 g/mol. The molecule has 0 amide bonds. The first-order valence-electron chi connectivity index (χ1n) is 14.8. The molecule has 196 valence electrons. The minimum absolute atomic E-state index is 1.27. The van der Waals surface area contributed by atoms with Crippen LogP contribution in [0.15, 0.2) is 133 Å². The Morgan fingerprint density at radius 2 is 0.786 bits per heavy atom. The molecule has 9 rings (SSSR count). The Kier molecular flexibility index (Phi) is 4.84. The summed E-state index contributed by atoms with van der Waals surface area (Å²) in [5, 5.41) is 10.5. The Bertz CT molecular complexity index is 2420. The average Bonchev–Trinajstić information content (AvgIpc) is 3.34. The molecule has 0 atom stereocenters. The van der Waals surface area contributed by atoms with Crippen molar-refractivity contribution in [2.24, 2.45) is 0 Å². The summed E-state index contributed by atoms with van der Waals surface area (Å²) in [6, 6.07) is 49.7. The number of rotatable bonds is 2. The second kappa shape index (κ2) is 8.65. The maximum absolute atomic E-state index is 2.45. The van der Waals surface area contributed by atoms with Crippen LogP contribution in [-0.4, -0.2) is 0 Å². The van der Waals surface area contributed by atoms with Crippen LogP contribution in [0.5, 0.6) is 0 Å². The molecule has 0 bridgehead atoms. The first kappa shape index (κ1) is 23.5. The van der Waals surface area contributed by atoms with Crippen molar-refractivity contribution in [3.05, 3.63) is 145 Å². The summed E-state index contributed by atoms with van der Waals surface area (Å²) in [6.45, 7) is 4.50. The molecule has 0 aliphatic heterocycles. The van der Waals surface area contributed by atoms with E-state index in [0.717, 1.165) is 0 Å². The molecule has 0 heterocycles. The van der Waals surface area contributed by atoms with E-state index in [0.29, 0.717) is 0 Å². The highest BCUT2D eigenvalue weighted by atomic mass is 14.3. The summed E-state index contributed by atoms with van der Waals surface area (Å²) in [5.41, 5.74) is 13.3. The van der Waals surface area contributed by atoms with Crippen molar-refractivity contribution < 1.29 is 0 Å². The molecule has 0 aromatic heterocycles. The van der Waals surface area contributed by atoms with Gasteiger partial charge in [0, 0.05) is 0 Å². The zero-order chi connectivity index (χ0) is 27.9. The lowest BCUT2D eigenvalue weighted by Crippen LogP contribution is -1.96. The molecule has 0 saturated heterocycles. The van der Waals surface area contributed by atoms with E-state index >= 15 is 0 Å². The van der Waals surface area contributed by atoms with Crippen LogP contribution >= 0.6 is 0 Å². The second-order valence-corrected chi connectivity index (χ2v) is 11.7. The molecule has 8 aromatic rings. The largest absolute Gasteiger partial charge is 0.0620 e. The standard InChI is InChI=1S/C42H28/c1-25-12-3-8-17-30(25)39-35-22-27-14-5-6-15-28(27)23-36(35)40(31-18-9-4-13-26(31)2)42-37-24-29-16-7-10-19-32(29)33-20-11-21-34(38(33)37)41(39)42/h3-24H,1-2H3. The molecule has 0 nitrogen and oxygen atoms in total. The zero-order valence-corrected chi connectivity index (χ0v) is 23.7. The van der Waals surface area contributed by atoms with Gasteiger partial charge >= 0.3 is 0 Å². The second-order valence-electron chi connectivity index (χ2n) is 11.7. The van der Waals surface area contributed by atoms with Gasteiger partial charge in [0.25, 0.3) is 0 Å². The van der Waals surface area contributed by atoms with E-state index < -0.39 is 0 Å². The van der Waals surface area contributed by atoms with Gasteiger partial charge in [-0.25, -0.2) is 0 Å². The smallest absolute Gasteiger partial charge is 0.000709 e. The highest BCUT2D eigenvalue weighted by molar-refractivity contribution is 6.31. The summed E-state index contributed by atoms with van der Waals surface area (Å²) in [5.74, 6) is 0. The van der Waals surface area contributed by atoms with Gasteiger partial charge in [0.1, 0.15) is 0 Å². The minimum Gasteiger partial charge on any atom is -0.0620 e. The van der Waals surface area contributed by atoms with Crippen molar-refractivity contribution in [2.45, 2.75) is 13.8 Å². The predicted octanol–water partition coefficient (Wildman–Crippen LogP) is 11.9. The van der Waals surface area contributed by atoms with Gasteiger partial charge < -0.3 is 0 Å². The summed E-state index contributed by atoms with van der Waals surface area (Å²) < 4.78 is 0. The number of hydrogen-bond donors (Lipinski definition) is 0. The molecule has 8 aromatic carbocycles. The molecule has 0 spiro atoms. The first-order chi connectivity index (χ1) is 20.7. The SMILES string of the molecule is Cc1ccccc1-c1c2c(c(-c3ccccc3C)c3cc4ccccc4cc13)-c1cc3ccccc3c3cccc-2c13. The molecule has 0 saturated carbocycles. The Balaban J connectivity index is 1.61. The van der Waals surface area contributed by atoms with Crippen molar-refractivity contribution in [1.29, 1.82) is 0 Å². The normalized spacial score (nSPS) is 12.0. The van der Waals surface area contributed by atoms with Gasteiger partial charge in [-0.2, -0.15) is 0 Å². The van der Waals surface area contributed by atoms with Crippen molar-refractivity contribution in [3.63, 3.8) is 0 Å². The molecule has 0 fully saturated rings. The van der Waals surface area contributed by atoms with E-state index in [1.165, 1.54) is 98.7 Å². The van der Waals surface area contributed by atoms with Crippen molar-refractivity contribution in [2.75, 3.05) is 0 Å². The van der Waals surface area contributed by atoms with Gasteiger partial charge in [0.15, 0.2) is 0 Å². The van der Waals surface area contributed by atoms with Gasteiger partial charge in [-0.1, -0.05) is 115 Å². The maximum Gasteiger partial charge on any atom is -0.000709 e. The number of benzene rings is 8. The van der Waals surface area contributed by atoms with Crippen molar-refractivity contribution >= 4 is 43.1 Å². The highest BCUT2D eigenvalue weighted by Crippen LogP contribution is 2.59. The molecule has 1 aliphatic rings. The quantitative estimate of drug-likeness (QED) is 0.153. The van der Waals surface area contributed by atoms with Crippen molar-refractivity contribution in [1.82, 2.24) is 0 Å². The number of aryl methyl sites for hydroxylation is 2. The Labute approximate surface area is 245 Å². The molecular weight excluding hydrogens is 504 g/mol. The minimum atomic E-state index is 1.27. The molecule has 42 heavy (non-hydrogen) atoms. The van der Waals surface area contributed by atoms with E-state index in [-0.39, 0.29) is 0 Å². The predicted molar refractivity (Wildman–Crippen MR) is 181 cm³/mol. The third-order valence-corrected chi connectivity index (χ3v) is 9.43. The maximum atomic E-state index is 2.45. The Morgan fingerprint density at radius 3 is 1.40 bits per heavy atom. The molecule has 1 aliphatic carbocycles. The summed E-state index contributed by atoms with van der Waals surface area (Å²) in [6.07, 6.45) is 0. The zero-order valence-electron chi connectivity index (χ0n) is 23.7. The van der Waals surface area contributed by atoms with E-state index in [4.69, 9.17) is 0 Å². The molecule has 0 heteroatoms.